The van der Waals surface area contributed by atoms with Gasteiger partial charge in [-0.15, -0.1) is 0 Å². The normalized spacial score (nSPS) is 10.1. The van der Waals surface area contributed by atoms with Gasteiger partial charge in [0, 0.05) is 23.9 Å². The number of amides is 1. The molecule has 4 heteroatoms. The van der Waals surface area contributed by atoms with Crippen molar-refractivity contribution in [1.29, 1.82) is 0 Å². The van der Waals surface area contributed by atoms with E-state index in [1.54, 1.807) is 6.33 Å². The van der Waals surface area contributed by atoms with Gasteiger partial charge >= 0.3 is 0 Å². The molecule has 1 aromatic carbocycles. The highest BCUT2D eigenvalue weighted by molar-refractivity contribution is 5.88. The van der Waals surface area contributed by atoms with E-state index < -0.39 is 0 Å². The van der Waals surface area contributed by atoms with Crippen LogP contribution in [0.4, 0.5) is 5.69 Å². The maximum Gasteiger partial charge on any atom is 0.221 e. The third kappa shape index (κ3) is 2.11. The Hall–Kier alpha value is -2.10. The fraction of sp³-hybridized carbons (Fsp3) is 0.167. The first-order valence-electron chi connectivity index (χ1n) is 5.05. The molecule has 0 saturated heterocycles. The summed E-state index contributed by atoms with van der Waals surface area (Å²) in [7, 11) is 0. The maximum atomic E-state index is 10.9. The van der Waals surface area contributed by atoms with Gasteiger partial charge < -0.3 is 10.3 Å². The molecule has 4 nitrogen and oxygen atoms in total. The molecule has 0 radical (unpaired) electrons. The third-order valence-corrected chi connectivity index (χ3v) is 2.31. The van der Waals surface area contributed by atoms with Gasteiger partial charge in [0.25, 0.3) is 0 Å². The lowest BCUT2D eigenvalue weighted by atomic mass is 10.1. The molecule has 2 rings (SSSR count). The van der Waals surface area contributed by atoms with E-state index in [1.165, 1.54) is 6.92 Å². The van der Waals surface area contributed by atoms with Crippen LogP contribution in [0.5, 0.6) is 0 Å². The monoisotopic (exact) mass is 215 g/mol. The van der Waals surface area contributed by atoms with Gasteiger partial charge in [0.15, 0.2) is 0 Å². The minimum Gasteiger partial charge on any atom is -0.348 e. The number of anilines is 1. The molecule has 0 bridgehead atoms. The van der Waals surface area contributed by atoms with Crippen molar-refractivity contribution < 1.29 is 4.79 Å². The van der Waals surface area contributed by atoms with Crippen LogP contribution in [0.25, 0.3) is 11.3 Å². The van der Waals surface area contributed by atoms with Crippen molar-refractivity contribution in [3.8, 4) is 11.3 Å². The Kier molecular flexibility index (Phi) is 2.72. The Morgan fingerprint density at radius 2 is 2.00 bits per heavy atom. The van der Waals surface area contributed by atoms with Gasteiger partial charge in [-0.05, 0) is 19.1 Å². The highest BCUT2D eigenvalue weighted by Crippen LogP contribution is 2.21. The number of H-pyrrole nitrogens is 1. The van der Waals surface area contributed by atoms with Crippen LogP contribution >= 0.6 is 0 Å². The number of nitrogens with one attached hydrogen (secondary N) is 2. The molecule has 1 heterocycles. The number of imidazole rings is 1. The van der Waals surface area contributed by atoms with Gasteiger partial charge in [-0.3, -0.25) is 4.79 Å². The summed E-state index contributed by atoms with van der Waals surface area (Å²) in [5.41, 5.74) is 3.80. The standard InChI is InChI=1S/C12H13N3O/c1-8-12(14-7-13-8)10-3-5-11(6-4-10)15-9(2)16/h3-7H,1-2H3,(H,13,14)(H,15,16). The molecule has 2 aromatic rings. The number of rotatable bonds is 2. The van der Waals surface area contributed by atoms with Crippen LogP contribution in [0.15, 0.2) is 30.6 Å². The highest BCUT2D eigenvalue weighted by atomic mass is 16.1. The first kappa shape index (κ1) is 10.4. The van der Waals surface area contributed by atoms with Gasteiger partial charge in [0.1, 0.15) is 0 Å². The van der Waals surface area contributed by atoms with Crippen molar-refractivity contribution in [1.82, 2.24) is 9.97 Å². The van der Waals surface area contributed by atoms with E-state index >= 15 is 0 Å². The molecule has 1 aromatic heterocycles. The number of aromatic nitrogens is 2. The zero-order chi connectivity index (χ0) is 11.5. The molecule has 82 valence electrons. The summed E-state index contributed by atoms with van der Waals surface area (Å²) >= 11 is 0. The number of benzene rings is 1. The molecule has 0 atom stereocenters. The van der Waals surface area contributed by atoms with Crippen LogP contribution in [0.1, 0.15) is 12.6 Å². The molecule has 0 aliphatic rings. The van der Waals surface area contributed by atoms with Crippen LogP contribution < -0.4 is 5.32 Å². The average molecular weight is 215 g/mol. The molecule has 16 heavy (non-hydrogen) atoms. The van der Waals surface area contributed by atoms with Crippen molar-refractivity contribution in [2.24, 2.45) is 0 Å². The Morgan fingerprint density at radius 1 is 1.31 bits per heavy atom. The van der Waals surface area contributed by atoms with Gasteiger partial charge in [-0.1, -0.05) is 12.1 Å². The van der Waals surface area contributed by atoms with Gasteiger partial charge in [-0.25, -0.2) is 4.98 Å². The van der Waals surface area contributed by atoms with Crippen molar-refractivity contribution in [3.63, 3.8) is 0 Å². The zero-order valence-electron chi connectivity index (χ0n) is 9.24. The molecule has 1 amide bonds. The van der Waals surface area contributed by atoms with Crippen molar-refractivity contribution in [3.05, 3.63) is 36.3 Å². The Balaban J connectivity index is 2.26. The molecule has 0 aliphatic heterocycles. The molecule has 0 fully saturated rings. The zero-order valence-corrected chi connectivity index (χ0v) is 9.24. The number of carbonyl (C=O) groups is 1. The number of aryl methyl sites for hydroxylation is 1. The largest absolute Gasteiger partial charge is 0.348 e. The summed E-state index contributed by atoms with van der Waals surface area (Å²) in [5.74, 6) is -0.0660. The second-order valence-electron chi connectivity index (χ2n) is 3.63. The van der Waals surface area contributed by atoms with E-state index in [0.717, 1.165) is 22.6 Å². The summed E-state index contributed by atoms with van der Waals surface area (Å²) in [5, 5.41) is 2.72. The highest BCUT2D eigenvalue weighted by Gasteiger charge is 2.04. The lowest BCUT2D eigenvalue weighted by molar-refractivity contribution is -0.114. The molecule has 0 unspecified atom stereocenters. The average Bonchev–Trinajstić information content (AvgIpc) is 2.65. The molecule has 0 saturated carbocycles. The van der Waals surface area contributed by atoms with E-state index in [2.05, 4.69) is 15.3 Å². The van der Waals surface area contributed by atoms with E-state index in [9.17, 15) is 4.79 Å². The molecule has 2 N–H and O–H groups in total. The van der Waals surface area contributed by atoms with E-state index in [1.807, 2.05) is 31.2 Å². The minimum absolute atomic E-state index is 0.0660. The smallest absolute Gasteiger partial charge is 0.221 e. The summed E-state index contributed by atoms with van der Waals surface area (Å²) in [6.45, 7) is 3.47. The van der Waals surface area contributed by atoms with Crippen molar-refractivity contribution >= 4 is 11.6 Å². The van der Waals surface area contributed by atoms with Gasteiger partial charge in [0.2, 0.25) is 5.91 Å². The lowest BCUT2D eigenvalue weighted by Crippen LogP contribution is -2.05. The summed E-state index contributed by atoms with van der Waals surface area (Å²) in [6.07, 6.45) is 1.67. The van der Waals surface area contributed by atoms with E-state index in [0.29, 0.717) is 0 Å². The van der Waals surface area contributed by atoms with Crippen LogP contribution in [-0.2, 0) is 4.79 Å². The number of aromatic amines is 1. The van der Waals surface area contributed by atoms with Gasteiger partial charge in [-0.2, -0.15) is 0 Å². The van der Waals surface area contributed by atoms with Crippen molar-refractivity contribution in [2.75, 3.05) is 5.32 Å². The van der Waals surface area contributed by atoms with Gasteiger partial charge in [0.05, 0.1) is 12.0 Å². The number of hydrogen-bond acceptors (Lipinski definition) is 2. The van der Waals surface area contributed by atoms with E-state index in [4.69, 9.17) is 0 Å². The predicted molar refractivity (Wildman–Crippen MR) is 63.1 cm³/mol. The third-order valence-electron chi connectivity index (χ3n) is 2.31. The molecular formula is C12H13N3O. The van der Waals surface area contributed by atoms with Crippen molar-refractivity contribution in [2.45, 2.75) is 13.8 Å². The summed E-state index contributed by atoms with van der Waals surface area (Å²) in [4.78, 5) is 18.1. The Morgan fingerprint density at radius 3 is 2.50 bits per heavy atom. The fourth-order valence-electron chi connectivity index (χ4n) is 1.56. The predicted octanol–water partition coefficient (Wildman–Crippen LogP) is 2.34. The van der Waals surface area contributed by atoms with Crippen LogP contribution in [0, 0.1) is 6.92 Å². The summed E-state index contributed by atoms with van der Waals surface area (Å²) in [6, 6.07) is 7.61. The number of hydrogen-bond donors (Lipinski definition) is 2. The Labute approximate surface area is 93.7 Å². The van der Waals surface area contributed by atoms with Crippen LogP contribution in [0.3, 0.4) is 0 Å². The first-order chi connectivity index (χ1) is 7.66. The maximum absolute atomic E-state index is 10.9. The quantitative estimate of drug-likeness (QED) is 0.807. The summed E-state index contributed by atoms with van der Waals surface area (Å²) < 4.78 is 0. The van der Waals surface area contributed by atoms with E-state index in [-0.39, 0.29) is 5.91 Å². The second kappa shape index (κ2) is 4.18. The second-order valence-corrected chi connectivity index (χ2v) is 3.63. The topological polar surface area (TPSA) is 57.8 Å². The minimum atomic E-state index is -0.0660. The number of carbonyl (C=O) groups excluding carboxylic acids is 1. The lowest BCUT2D eigenvalue weighted by Gasteiger charge is -2.03. The SMILES string of the molecule is CC(=O)Nc1ccc(-c2nc[nH]c2C)cc1. The molecular weight excluding hydrogens is 202 g/mol. The van der Waals surface area contributed by atoms with Crippen LogP contribution in [-0.4, -0.2) is 15.9 Å². The first-order valence-corrected chi connectivity index (χ1v) is 5.05. The van der Waals surface area contributed by atoms with Crippen LogP contribution in [0.2, 0.25) is 0 Å². The molecule has 0 spiro atoms. The fourth-order valence-corrected chi connectivity index (χ4v) is 1.56. The Bertz CT molecular complexity index is 499. The number of nitrogens with zero attached hydrogens (tertiary/aromatic N) is 1. The molecule has 0 aliphatic carbocycles.